The van der Waals surface area contributed by atoms with Crippen LogP contribution in [0.2, 0.25) is 5.02 Å². The Kier molecular flexibility index (Phi) is 5.80. The Bertz CT molecular complexity index is 1580. The van der Waals surface area contributed by atoms with Gasteiger partial charge in [0, 0.05) is 30.9 Å². The van der Waals surface area contributed by atoms with Crippen LogP contribution in [-0.2, 0) is 20.0 Å². The van der Waals surface area contributed by atoms with Gasteiger partial charge in [-0.05, 0) is 42.3 Å². The molecule has 3 amide bonds. The molecule has 38 heavy (non-hydrogen) atoms. The molecule has 8 nitrogen and oxygen atoms in total. The van der Waals surface area contributed by atoms with Crippen molar-refractivity contribution >= 4 is 29.3 Å². The van der Waals surface area contributed by atoms with Crippen molar-refractivity contribution in [2.24, 2.45) is 7.05 Å². The van der Waals surface area contributed by atoms with Crippen LogP contribution in [0.3, 0.4) is 0 Å². The first-order valence-corrected chi connectivity index (χ1v) is 12.4. The molecular weight excluding hydrogens is 509 g/mol. The molecule has 10 heteroatoms. The Labute approximate surface area is 222 Å². The highest BCUT2D eigenvalue weighted by atomic mass is 35.5. The molecule has 0 saturated carbocycles. The highest BCUT2D eigenvalue weighted by Crippen LogP contribution is 2.32. The molecule has 4 heterocycles. The fraction of sp³-hybridized carbons (Fsp3) is 0.179. The summed E-state index contributed by atoms with van der Waals surface area (Å²) in [5.74, 6) is -1.55. The van der Waals surface area contributed by atoms with Gasteiger partial charge < -0.3 is 4.90 Å². The third-order valence-corrected chi connectivity index (χ3v) is 7.29. The molecule has 2 aromatic heterocycles. The number of rotatable bonds is 6. The zero-order chi connectivity index (χ0) is 26.6. The summed E-state index contributed by atoms with van der Waals surface area (Å²) in [6.07, 6.45) is 3.36. The molecule has 2 aliphatic heterocycles. The summed E-state index contributed by atoms with van der Waals surface area (Å²) in [7, 11) is 1.77. The summed E-state index contributed by atoms with van der Waals surface area (Å²) in [5.41, 5.74) is 3.68. The van der Waals surface area contributed by atoms with Gasteiger partial charge in [-0.25, -0.2) is 4.39 Å². The molecule has 0 saturated heterocycles. The monoisotopic (exact) mass is 529 g/mol. The minimum absolute atomic E-state index is 0.0387. The van der Waals surface area contributed by atoms with Gasteiger partial charge in [-0.3, -0.25) is 28.9 Å². The SMILES string of the molecule is Cn1ncc(Cl)c1-c1cnc2c(c1)CN([C@@H](Cc1cccc(F)c1)CN1C(=O)c3ccccc3C1=O)C2=O. The summed E-state index contributed by atoms with van der Waals surface area (Å²) in [6, 6.07) is 14.0. The van der Waals surface area contributed by atoms with Gasteiger partial charge in [0.25, 0.3) is 17.7 Å². The number of hydrogen-bond donors (Lipinski definition) is 0. The molecule has 0 radical (unpaired) electrons. The second kappa shape index (κ2) is 9.18. The van der Waals surface area contributed by atoms with Crippen molar-refractivity contribution in [3.8, 4) is 11.3 Å². The van der Waals surface area contributed by atoms with E-state index >= 15 is 0 Å². The van der Waals surface area contributed by atoms with Gasteiger partial charge in [0.1, 0.15) is 11.5 Å². The molecule has 0 aliphatic carbocycles. The second-order valence-corrected chi connectivity index (χ2v) is 9.79. The van der Waals surface area contributed by atoms with Crippen molar-refractivity contribution in [1.82, 2.24) is 24.6 Å². The normalized spacial score (nSPS) is 15.3. The average Bonchev–Trinajstić information content (AvgIpc) is 3.50. The van der Waals surface area contributed by atoms with Gasteiger partial charge in [-0.2, -0.15) is 5.10 Å². The Morgan fingerprint density at radius 3 is 2.37 bits per heavy atom. The number of halogens is 2. The summed E-state index contributed by atoms with van der Waals surface area (Å²) in [5, 5.41) is 4.63. The van der Waals surface area contributed by atoms with Crippen molar-refractivity contribution in [2.75, 3.05) is 6.54 Å². The van der Waals surface area contributed by atoms with E-state index in [1.807, 2.05) is 6.07 Å². The number of amides is 3. The van der Waals surface area contributed by atoms with Crippen molar-refractivity contribution in [3.63, 3.8) is 0 Å². The highest BCUT2D eigenvalue weighted by molar-refractivity contribution is 6.33. The van der Waals surface area contributed by atoms with Crippen LogP contribution in [0.4, 0.5) is 4.39 Å². The van der Waals surface area contributed by atoms with Crippen LogP contribution in [0.5, 0.6) is 0 Å². The van der Waals surface area contributed by atoms with Crippen LogP contribution in [-0.4, -0.2) is 54.9 Å². The quantitative estimate of drug-likeness (QED) is 0.350. The standard InChI is InChI=1S/C28H21ClFN5O3/c1-33-25(23(29)13-32-33)17-11-18-14-34(28(38)24(18)31-12-17)20(10-16-5-4-6-19(30)9-16)15-35-26(36)21-7-2-3-8-22(21)27(35)37/h2-9,11-13,20H,10,14-15H2,1H3/t20-/m0/s1. The molecule has 0 N–H and O–H groups in total. The lowest BCUT2D eigenvalue weighted by molar-refractivity contribution is 0.0526. The fourth-order valence-corrected chi connectivity index (χ4v) is 5.47. The number of hydrogen-bond acceptors (Lipinski definition) is 5. The molecule has 0 bridgehead atoms. The Morgan fingerprint density at radius 1 is 0.974 bits per heavy atom. The fourth-order valence-electron chi connectivity index (χ4n) is 5.20. The van der Waals surface area contributed by atoms with Crippen molar-refractivity contribution in [1.29, 1.82) is 0 Å². The first-order chi connectivity index (χ1) is 18.3. The maximum Gasteiger partial charge on any atom is 0.273 e. The molecule has 4 aromatic rings. The van der Waals surface area contributed by atoms with E-state index in [1.165, 1.54) is 17.0 Å². The summed E-state index contributed by atoms with van der Waals surface area (Å²) in [4.78, 5) is 47.0. The number of imide groups is 1. The van der Waals surface area contributed by atoms with E-state index in [1.54, 1.807) is 65.4 Å². The lowest BCUT2D eigenvalue weighted by Gasteiger charge is -2.30. The van der Waals surface area contributed by atoms with E-state index in [0.29, 0.717) is 44.2 Å². The largest absolute Gasteiger partial charge is 0.328 e. The first-order valence-electron chi connectivity index (χ1n) is 12.0. The minimum atomic E-state index is -0.607. The highest BCUT2D eigenvalue weighted by Gasteiger charge is 2.41. The predicted octanol–water partition coefficient (Wildman–Crippen LogP) is 4.14. The second-order valence-electron chi connectivity index (χ2n) is 9.38. The number of aryl methyl sites for hydroxylation is 1. The zero-order valence-electron chi connectivity index (χ0n) is 20.3. The van der Waals surface area contributed by atoms with Gasteiger partial charge in [0.2, 0.25) is 0 Å². The molecule has 2 aromatic carbocycles. The van der Waals surface area contributed by atoms with Crippen LogP contribution in [0.15, 0.2) is 67.0 Å². The molecule has 190 valence electrons. The third-order valence-electron chi connectivity index (χ3n) is 7.01. The number of aromatic nitrogens is 3. The van der Waals surface area contributed by atoms with E-state index in [0.717, 1.165) is 0 Å². The maximum absolute atomic E-state index is 14.0. The maximum atomic E-state index is 14.0. The number of benzene rings is 2. The molecule has 0 spiro atoms. The van der Waals surface area contributed by atoms with Crippen LogP contribution >= 0.6 is 11.6 Å². The predicted molar refractivity (Wildman–Crippen MR) is 137 cm³/mol. The molecular formula is C28H21ClFN5O3. The zero-order valence-corrected chi connectivity index (χ0v) is 21.0. The number of nitrogens with zero attached hydrogens (tertiary/aromatic N) is 5. The number of fused-ring (bicyclic) bond motifs is 2. The summed E-state index contributed by atoms with van der Waals surface area (Å²) in [6.45, 7) is 0.177. The van der Waals surface area contributed by atoms with Gasteiger partial charge in [0.15, 0.2) is 0 Å². The number of pyridine rings is 1. The first kappa shape index (κ1) is 24.0. The lowest BCUT2D eigenvalue weighted by atomic mass is 10.0. The van der Waals surface area contributed by atoms with Gasteiger partial charge in [0.05, 0.1) is 40.6 Å². The molecule has 1 atom stereocenters. The van der Waals surface area contributed by atoms with Gasteiger partial charge >= 0.3 is 0 Å². The van der Waals surface area contributed by atoms with E-state index in [2.05, 4.69) is 10.1 Å². The van der Waals surface area contributed by atoms with Gasteiger partial charge in [-0.15, -0.1) is 0 Å². The van der Waals surface area contributed by atoms with E-state index < -0.39 is 23.7 Å². The lowest BCUT2D eigenvalue weighted by Crippen LogP contribution is -2.47. The summed E-state index contributed by atoms with van der Waals surface area (Å²) >= 11 is 6.31. The number of carbonyl (C=O) groups is 3. The van der Waals surface area contributed by atoms with Crippen LogP contribution < -0.4 is 0 Å². The third kappa shape index (κ3) is 3.95. The molecule has 0 unspecified atom stereocenters. The summed E-state index contributed by atoms with van der Waals surface area (Å²) < 4.78 is 15.6. The topological polar surface area (TPSA) is 88.4 Å². The van der Waals surface area contributed by atoms with Crippen LogP contribution in [0, 0.1) is 5.82 Å². The van der Waals surface area contributed by atoms with Crippen molar-refractivity contribution < 1.29 is 18.8 Å². The molecule has 0 fully saturated rings. The smallest absolute Gasteiger partial charge is 0.273 e. The van der Waals surface area contributed by atoms with E-state index in [-0.39, 0.29) is 25.4 Å². The van der Waals surface area contributed by atoms with Crippen LogP contribution in [0.1, 0.15) is 42.3 Å². The van der Waals surface area contributed by atoms with Crippen molar-refractivity contribution in [2.45, 2.75) is 19.0 Å². The van der Waals surface area contributed by atoms with Crippen molar-refractivity contribution in [3.05, 3.63) is 106 Å². The molecule has 6 rings (SSSR count). The average molecular weight is 530 g/mol. The molecule has 2 aliphatic rings. The Balaban J connectivity index is 1.34. The van der Waals surface area contributed by atoms with Crippen LogP contribution in [0.25, 0.3) is 11.3 Å². The number of carbonyl (C=O) groups excluding carboxylic acids is 3. The van der Waals surface area contributed by atoms with E-state index in [9.17, 15) is 18.8 Å². The Morgan fingerprint density at radius 2 is 1.71 bits per heavy atom. The minimum Gasteiger partial charge on any atom is -0.328 e. The Hall–Kier alpha value is -4.37. The van der Waals surface area contributed by atoms with Gasteiger partial charge in [-0.1, -0.05) is 35.9 Å². The van der Waals surface area contributed by atoms with E-state index in [4.69, 9.17) is 11.6 Å².